The number of ether oxygens (including phenoxy) is 1. The number of benzene rings is 1. The largest absolute Gasteiger partial charge is 0.495 e. The maximum absolute atomic E-state index is 13.3. The summed E-state index contributed by atoms with van der Waals surface area (Å²) in [5.41, 5.74) is 1.38. The molecule has 4 aliphatic carbocycles. The van der Waals surface area contributed by atoms with Crippen LogP contribution >= 0.6 is 0 Å². The molecule has 5 heteroatoms. The van der Waals surface area contributed by atoms with Gasteiger partial charge in [-0.15, -0.1) is 0 Å². The first-order chi connectivity index (χ1) is 13.6. The zero-order chi connectivity index (χ0) is 19.3. The molecule has 0 aromatic heterocycles. The Morgan fingerprint density at radius 2 is 1.79 bits per heavy atom. The molecule has 5 aliphatic rings. The summed E-state index contributed by atoms with van der Waals surface area (Å²) in [6, 6.07) is 5.68. The summed E-state index contributed by atoms with van der Waals surface area (Å²) < 4.78 is 5.50. The molecule has 1 aromatic carbocycles. The van der Waals surface area contributed by atoms with E-state index < -0.39 is 0 Å². The van der Waals surface area contributed by atoms with Crippen LogP contribution in [0.5, 0.6) is 5.75 Å². The van der Waals surface area contributed by atoms with E-state index in [2.05, 4.69) is 5.32 Å². The fraction of sp³-hybridized carbons (Fsp3) is 0.652. The number of amides is 2. The van der Waals surface area contributed by atoms with Crippen LogP contribution in [0.3, 0.4) is 0 Å². The highest BCUT2D eigenvalue weighted by Gasteiger charge is 2.54. The molecule has 1 heterocycles. The van der Waals surface area contributed by atoms with Crippen molar-refractivity contribution in [1.29, 1.82) is 0 Å². The molecule has 6 rings (SSSR count). The normalized spacial score (nSPS) is 33.8. The highest BCUT2D eigenvalue weighted by atomic mass is 16.5. The highest BCUT2D eigenvalue weighted by Crippen LogP contribution is 2.60. The smallest absolute Gasteiger partial charge is 0.230 e. The van der Waals surface area contributed by atoms with Gasteiger partial charge in [0.1, 0.15) is 5.75 Å². The molecular weight excluding hydrogens is 352 g/mol. The van der Waals surface area contributed by atoms with Crippen LogP contribution in [-0.2, 0) is 9.59 Å². The molecule has 4 bridgehead atoms. The number of carbonyl (C=O) groups is 2. The van der Waals surface area contributed by atoms with Crippen molar-refractivity contribution >= 4 is 23.2 Å². The van der Waals surface area contributed by atoms with Gasteiger partial charge in [-0.2, -0.15) is 0 Å². The third-order valence-electron chi connectivity index (χ3n) is 7.57. The second kappa shape index (κ2) is 6.78. The predicted molar refractivity (Wildman–Crippen MR) is 108 cm³/mol. The summed E-state index contributed by atoms with van der Waals surface area (Å²) in [5.74, 6) is 3.24. The van der Waals surface area contributed by atoms with Gasteiger partial charge in [0, 0.05) is 18.7 Å². The predicted octanol–water partition coefficient (Wildman–Crippen LogP) is 4.37. The molecule has 1 aliphatic heterocycles. The minimum absolute atomic E-state index is 0.133. The van der Waals surface area contributed by atoms with Crippen molar-refractivity contribution in [2.24, 2.45) is 23.2 Å². The monoisotopic (exact) mass is 382 g/mol. The second-order valence-electron chi connectivity index (χ2n) is 9.54. The maximum atomic E-state index is 13.3. The number of piperidine rings is 1. The molecule has 1 N–H and O–H groups in total. The van der Waals surface area contributed by atoms with Gasteiger partial charge < -0.3 is 15.0 Å². The van der Waals surface area contributed by atoms with Crippen LogP contribution in [0.2, 0.25) is 0 Å². The van der Waals surface area contributed by atoms with Gasteiger partial charge in [-0.25, -0.2) is 0 Å². The van der Waals surface area contributed by atoms with Crippen molar-refractivity contribution in [3.8, 4) is 5.75 Å². The van der Waals surface area contributed by atoms with Crippen LogP contribution < -0.4 is 15.0 Å². The first-order valence-corrected chi connectivity index (χ1v) is 10.9. The summed E-state index contributed by atoms with van der Waals surface area (Å²) in [6.45, 7) is 0.710. The summed E-state index contributed by atoms with van der Waals surface area (Å²) in [7, 11) is 1.63. The van der Waals surface area contributed by atoms with Gasteiger partial charge >= 0.3 is 0 Å². The molecule has 5 nitrogen and oxygen atoms in total. The molecule has 28 heavy (non-hydrogen) atoms. The molecule has 5 fully saturated rings. The molecule has 2 amide bonds. The quantitative estimate of drug-likeness (QED) is 0.841. The van der Waals surface area contributed by atoms with Crippen LogP contribution in [0.4, 0.5) is 11.4 Å². The lowest BCUT2D eigenvalue weighted by molar-refractivity contribution is -0.140. The van der Waals surface area contributed by atoms with Crippen LogP contribution in [0.1, 0.15) is 57.8 Å². The Labute approximate surface area is 166 Å². The average molecular weight is 383 g/mol. The Morgan fingerprint density at radius 3 is 2.39 bits per heavy atom. The third kappa shape index (κ3) is 2.99. The van der Waals surface area contributed by atoms with Crippen LogP contribution in [0.25, 0.3) is 0 Å². The average Bonchev–Trinajstić information content (AvgIpc) is 2.67. The fourth-order valence-corrected chi connectivity index (χ4v) is 6.69. The number of methoxy groups -OCH3 is 1. The summed E-state index contributed by atoms with van der Waals surface area (Å²) in [4.78, 5) is 27.6. The zero-order valence-electron chi connectivity index (χ0n) is 16.7. The number of rotatable bonds is 4. The number of carbonyl (C=O) groups excluding carboxylic acids is 2. The molecule has 1 saturated heterocycles. The van der Waals surface area contributed by atoms with E-state index in [0.717, 1.165) is 61.2 Å². The number of hydrogen-bond acceptors (Lipinski definition) is 3. The lowest BCUT2D eigenvalue weighted by Gasteiger charge is -2.55. The van der Waals surface area contributed by atoms with Gasteiger partial charge in [0.05, 0.1) is 18.2 Å². The molecule has 150 valence electrons. The maximum Gasteiger partial charge on any atom is 0.230 e. The lowest BCUT2D eigenvalue weighted by atomic mass is 9.49. The van der Waals surface area contributed by atoms with E-state index in [-0.39, 0.29) is 17.2 Å². The Morgan fingerprint density at radius 1 is 1.11 bits per heavy atom. The van der Waals surface area contributed by atoms with E-state index in [1.54, 1.807) is 7.11 Å². The Bertz CT molecular complexity index is 768. The standard InChI is InChI=1S/C23H30N2O3/c1-28-20-6-5-18(11-19(20)25-7-3-2-4-21(25)26)24-22(27)23-12-15-8-16(13-23)10-17(9-15)14-23/h5-6,11,15-17H,2-4,7-10,12-14H2,1H3,(H,24,27). The summed E-state index contributed by atoms with van der Waals surface area (Å²) in [5, 5.41) is 3.21. The number of anilines is 2. The SMILES string of the molecule is COc1ccc(NC(=O)C23CC4CC(CC(C4)C2)C3)cc1N1CCCCC1=O. The minimum atomic E-state index is -0.171. The van der Waals surface area contributed by atoms with Gasteiger partial charge in [0.2, 0.25) is 11.8 Å². The van der Waals surface area contributed by atoms with Crippen molar-refractivity contribution in [3.63, 3.8) is 0 Å². The molecule has 0 radical (unpaired) electrons. The van der Waals surface area contributed by atoms with Gasteiger partial charge in [-0.1, -0.05) is 0 Å². The summed E-state index contributed by atoms with van der Waals surface area (Å²) >= 11 is 0. The van der Waals surface area contributed by atoms with E-state index in [4.69, 9.17) is 4.74 Å². The van der Waals surface area contributed by atoms with E-state index >= 15 is 0 Å². The molecule has 4 saturated carbocycles. The number of nitrogens with one attached hydrogen (secondary N) is 1. The van der Waals surface area contributed by atoms with Gasteiger partial charge in [0.15, 0.2) is 0 Å². The Kier molecular flexibility index (Phi) is 4.37. The number of nitrogens with zero attached hydrogens (tertiary/aromatic N) is 1. The van der Waals surface area contributed by atoms with Gasteiger partial charge in [-0.05, 0) is 87.3 Å². The summed E-state index contributed by atoms with van der Waals surface area (Å²) in [6.07, 6.45) is 9.67. The van der Waals surface area contributed by atoms with Crippen LogP contribution in [0, 0.1) is 23.2 Å². The van der Waals surface area contributed by atoms with E-state index in [9.17, 15) is 9.59 Å². The van der Waals surface area contributed by atoms with Crippen molar-refractivity contribution < 1.29 is 14.3 Å². The molecule has 1 aromatic rings. The van der Waals surface area contributed by atoms with E-state index in [0.29, 0.717) is 18.7 Å². The fourth-order valence-electron chi connectivity index (χ4n) is 6.69. The van der Waals surface area contributed by atoms with Crippen molar-refractivity contribution in [2.45, 2.75) is 57.8 Å². The zero-order valence-corrected chi connectivity index (χ0v) is 16.7. The van der Waals surface area contributed by atoms with Crippen molar-refractivity contribution in [1.82, 2.24) is 0 Å². The lowest BCUT2D eigenvalue weighted by Crippen LogP contribution is -2.51. The van der Waals surface area contributed by atoms with Gasteiger partial charge in [-0.3, -0.25) is 9.59 Å². The Balaban J connectivity index is 1.39. The molecule has 0 atom stereocenters. The van der Waals surface area contributed by atoms with E-state index in [1.165, 1.54) is 19.3 Å². The van der Waals surface area contributed by atoms with Gasteiger partial charge in [0.25, 0.3) is 0 Å². The van der Waals surface area contributed by atoms with Crippen LogP contribution in [-0.4, -0.2) is 25.5 Å². The molecule has 0 unspecified atom stereocenters. The third-order valence-corrected chi connectivity index (χ3v) is 7.57. The number of hydrogen-bond donors (Lipinski definition) is 1. The first-order valence-electron chi connectivity index (χ1n) is 10.9. The van der Waals surface area contributed by atoms with E-state index in [1.807, 2.05) is 23.1 Å². The molecule has 0 spiro atoms. The highest BCUT2D eigenvalue weighted by molar-refractivity contribution is 5.99. The first kappa shape index (κ1) is 18.0. The van der Waals surface area contributed by atoms with Crippen molar-refractivity contribution in [2.75, 3.05) is 23.9 Å². The molecular formula is C23H30N2O3. The second-order valence-corrected chi connectivity index (χ2v) is 9.54. The van der Waals surface area contributed by atoms with Crippen LogP contribution in [0.15, 0.2) is 18.2 Å². The minimum Gasteiger partial charge on any atom is -0.495 e. The van der Waals surface area contributed by atoms with Crippen molar-refractivity contribution in [3.05, 3.63) is 18.2 Å². The topological polar surface area (TPSA) is 58.6 Å². The Hall–Kier alpha value is -2.04.